The smallest absolute Gasteiger partial charge is 0.256 e. The summed E-state index contributed by atoms with van der Waals surface area (Å²) in [6.45, 7) is 0. The normalized spacial score (nSPS) is 18.5. The zero-order valence-corrected chi connectivity index (χ0v) is 4.05. The predicted molar refractivity (Wildman–Crippen MR) is 26.3 cm³/mol. The van der Waals surface area contributed by atoms with Gasteiger partial charge in [-0.2, -0.15) is 0 Å². The maximum atomic E-state index is 10.3. The van der Waals surface area contributed by atoms with Crippen molar-refractivity contribution in [2.45, 2.75) is 6.42 Å². The van der Waals surface area contributed by atoms with E-state index in [4.69, 9.17) is 0 Å². The maximum Gasteiger partial charge on any atom is 0.256 e. The van der Waals surface area contributed by atoms with Crippen LogP contribution in [0.4, 0.5) is 0 Å². The molecule has 0 radical (unpaired) electrons. The van der Waals surface area contributed by atoms with Crippen LogP contribution < -0.4 is 5.32 Å². The van der Waals surface area contributed by atoms with E-state index in [9.17, 15) is 9.59 Å². The average Bonchev–Trinajstić information content (AvgIpc) is 1.64. The van der Waals surface area contributed by atoms with Gasteiger partial charge in [-0.15, -0.1) is 0 Å². The van der Waals surface area contributed by atoms with E-state index < -0.39 is 0 Å². The molecule has 42 valence electrons. The van der Waals surface area contributed by atoms with Gasteiger partial charge in [0.25, 0.3) is 5.91 Å². The lowest BCUT2D eigenvalue weighted by atomic mass is 11.2. The molecule has 0 aromatic rings. The van der Waals surface area contributed by atoms with E-state index in [1.807, 2.05) is 0 Å². The molecule has 0 atom stereocenters. The molecule has 0 bridgehead atoms. The van der Waals surface area contributed by atoms with Gasteiger partial charge in [-0.05, 0) is 0 Å². The van der Waals surface area contributed by atoms with Crippen molar-refractivity contribution >= 4 is 18.2 Å². The number of hydrogen-bond donors (Lipinski definition) is 1. The maximum absolute atomic E-state index is 10.3. The molecule has 0 saturated heterocycles. The minimum atomic E-state index is -0.381. The first-order valence-electron chi connectivity index (χ1n) is 2.14. The van der Waals surface area contributed by atoms with E-state index in [1.54, 1.807) is 0 Å². The summed E-state index contributed by atoms with van der Waals surface area (Å²) in [5, 5.41) is 2.26. The molecule has 8 heavy (non-hydrogen) atoms. The fraction of sp³-hybridized carbons (Fsp3) is 0.250. The number of rotatable bonds is 0. The third-order valence-corrected chi connectivity index (χ3v) is 0.746. The van der Waals surface area contributed by atoms with Gasteiger partial charge in [-0.25, -0.2) is 4.99 Å². The zero-order chi connectivity index (χ0) is 5.98. The fourth-order valence-electron chi connectivity index (χ4n) is 0.410. The van der Waals surface area contributed by atoms with E-state index >= 15 is 0 Å². The van der Waals surface area contributed by atoms with Crippen molar-refractivity contribution in [1.29, 1.82) is 0 Å². The van der Waals surface area contributed by atoms with Crippen LogP contribution in [0.15, 0.2) is 4.99 Å². The molecule has 1 heterocycles. The third-order valence-electron chi connectivity index (χ3n) is 0.746. The lowest BCUT2D eigenvalue weighted by Crippen LogP contribution is -2.28. The summed E-state index contributed by atoms with van der Waals surface area (Å²) in [6, 6.07) is 0. The Balaban J connectivity index is 2.68. The Labute approximate surface area is 45.6 Å². The molecule has 4 heteroatoms. The van der Waals surface area contributed by atoms with Crippen molar-refractivity contribution in [2.24, 2.45) is 4.99 Å². The molecule has 1 aliphatic rings. The number of amides is 2. The second-order valence-corrected chi connectivity index (χ2v) is 1.40. The molecule has 0 spiro atoms. The Kier molecular flexibility index (Phi) is 1.07. The Hall–Kier alpha value is -1.19. The molecule has 0 aromatic heterocycles. The van der Waals surface area contributed by atoms with Crippen LogP contribution >= 0.6 is 0 Å². The number of nitrogens with one attached hydrogen (secondary N) is 1. The molecular weight excluding hydrogens is 112 g/mol. The molecule has 0 fully saturated rings. The molecule has 2 amide bonds. The Morgan fingerprint density at radius 1 is 1.62 bits per heavy atom. The summed E-state index contributed by atoms with van der Waals surface area (Å²) in [6.07, 6.45) is 0.991. The molecular formula is C4H4N2O2. The van der Waals surface area contributed by atoms with Crippen LogP contribution in [0, 0.1) is 0 Å². The Bertz CT molecular complexity index is 161. The topological polar surface area (TPSA) is 58.5 Å². The molecule has 1 N–H and O–H groups in total. The van der Waals surface area contributed by atoms with Crippen LogP contribution in [-0.4, -0.2) is 18.2 Å². The lowest BCUT2D eigenvalue weighted by molar-refractivity contribution is -0.127. The summed E-state index contributed by atoms with van der Waals surface area (Å²) >= 11 is 0. The van der Waals surface area contributed by atoms with Crippen LogP contribution in [0.25, 0.3) is 0 Å². The van der Waals surface area contributed by atoms with Gasteiger partial charge in [-0.3, -0.25) is 9.59 Å². The van der Waals surface area contributed by atoms with Gasteiger partial charge in [0, 0.05) is 0 Å². The van der Waals surface area contributed by atoms with E-state index in [0.29, 0.717) is 0 Å². The van der Waals surface area contributed by atoms with Gasteiger partial charge in [0.1, 0.15) is 6.42 Å². The second kappa shape index (κ2) is 1.73. The van der Waals surface area contributed by atoms with E-state index in [1.165, 1.54) is 0 Å². The number of aliphatic imine (C=N–C) groups is 1. The van der Waals surface area contributed by atoms with Gasteiger partial charge in [0.2, 0.25) is 5.91 Å². The zero-order valence-electron chi connectivity index (χ0n) is 4.05. The Morgan fingerprint density at radius 3 is 2.75 bits per heavy atom. The number of hydrogen-bond acceptors (Lipinski definition) is 2. The number of carbonyl (C=O) groups is 2. The SMILES string of the molecule is O=[13C]1[13CH2][13C](=O)N[13CH]=N1. The highest BCUT2D eigenvalue weighted by atomic mass is 16.2. The highest BCUT2D eigenvalue weighted by Crippen LogP contribution is 1.87. The highest BCUT2D eigenvalue weighted by Gasteiger charge is 2.09. The van der Waals surface area contributed by atoms with E-state index in [2.05, 4.69) is 10.3 Å². The van der Waals surface area contributed by atoms with Crippen molar-refractivity contribution in [3.8, 4) is 0 Å². The standard InChI is InChI=1S/C4H4N2O2/c7-3-1-4(8)6-2-5-3/h2H,1H2,(H,5,6,7,8)/i1+1,2+1,3+1,4+1. The minimum Gasteiger partial charge on any atom is -0.316 e. The third kappa shape index (κ3) is 0.900. The largest absolute Gasteiger partial charge is 0.316 e. The number of carbonyl (C=O) groups excluding carboxylic acids is 2. The molecule has 1 rings (SSSR count). The molecule has 0 saturated carbocycles. The van der Waals surface area contributed by atoms with Crippen molar-refractivity contribution in [2.75, 3.05) is 0 Å². The van der Waals surface area contributed by atoms with Gasteiger partial charge < -0.3 is 5.32 Å². The number of nitrogens with zero attached hydrogens (tertiary/aromatic N) is 1. The van der Waals surface area contributed by atoms with Crippen LogP contribution in [0.3, 0.4) is 0 Å². The lowest BCUT2D eigenvalue weighted by Gasteiger charge is -1.99. The van der Waals surface area contributed by atoms with Crippen LogP contribution in [-0.2, 0) is 9.59 Å². The van der Waals surface area contributed by atoms with Gasteiger partial charge in [0.05, 0.1) is 6.34 Å². The highest BCUT2D eigenvalue weighted by molar-refractivity contribution is 6.07. The van der Waals surface area contributed by atoms with Crippen LogP contribution in [0.1, 0.15) is 6.42 Å². The monoisotopic (exact) mass is 116 g/mol. The van der Waals surface area contributed by atoms with Crippen molar-refractivity contribution in [3.05, 3.63) is 0 Å². The minimum absolute atomic E-state index is 0.115. The predicted octanol–water partition coefficient (Wildman–Crippen LogP) is -0.939. The van der Waals surface area contributed by atoms with Crippen LogP contribution in [0.2, 0.25) is 0 Å². The molecule has 0 unspecified atom stereocenters. The first kappa shape index (κ1) is 4.96. The molecule has 0 aromatic carbocycles. The quantitative estimate of drug-likeness (QED) is 0.328. The van der Waals surface area contributed by atoms with Crippen LogP contribution in [0.5, 0.6) is 0 Å². The summed E-state index contributed by atoms with van der Waals surface area (Å²) < 4.78 is 0. The van der Waals surface area contributed by atoms with E-state index in [0.717, 1.165) is 6.34 Å². The molecule has 4 nitrogen and oxygen atoms in total. The summed E-state index contributed by atoms with van der Waals surface area (Å²) in [4.78, 5) is 23.7. The van der Waals surface area contributed by atoms with Gasteiger partial charge in [0.15, 0.2) is 0 Å². The van der Waals surface area contributed by atoms with Gasteiger partial charge >= 0.3 is 0 Å². The summed E-state index contributed by atoms with van der Waals surface area (Å²) in [5.41, 5.74) is 0. The van der Waals surface area contributed by atoms with Crippen molar-refractivity contribution in [1.82, 2.24) is 5.32 Å². The summed E-state index contributed by atoms with van der Waals surface area (Å²) in [5.74, 6) is -0.668. The first-order valence-corrected chi connectivity index (χ1v) is 2.14. The molecule has 1 aliphatic heterocycles. The van der Waals surface area contributed by atoms with Gasteiger partial charge in [-0.1, -0.05) is 0 Å². The molecule has 0 aliphatic carbocycles. The second-order valence-electron chi connectivity index (χ2n) is 1.40. The van der Waals surface area contributed by atoms with E-state index in [-0.39, 0.29) is 18.2 Å². The Morgan fingerprint density at radius 2 is 2.38 bits per heavy atom. The summed E-state index contributed by atoms with van der Waals surface area (Å²) in [7, 11) is 0. The average molecular weight is 116 g/mol. The fourth-order valence-corrected chi connectivity index (χ4v) is 0.410. The van der Waals surface area contributed by atoms with Crippen molar-refractivity contribution in [3.63, 3.8) is 0 Å². The first-order chi connectivity index (χ1) is 3.79. The van der Waals surface area contributed by atoms with Crippen molar-refractivity contribution < 1.29 is 9.59 Å².